The number of ether oxygens (including phenoxy) is 1. The summed E-state index contributed by atoms with van der Waals surface area (Å²) in [6.45, 7) is 0. The number of H-pyrrole nitrogens is 1. The van der Waals surface area contributed by atoms with Crippen molar-refractivity contribution in [2.75, 3.05) is 7.11 Å². The molecule has 1 aromatic carbocycles. The van der Waals surface area contributed by atoms with Gasteiger partial charge >= 0.3 is 5.97 Å². The van der Waals surface area contributed by atoms with Crippen LogP contribution in [-0.2, 0) is 4.74 Å². The van der Waals surface area contributed by atoms with Gasteiger partial charge in [-0.05, 0) is 40.8 Å². The average molecular weight is 369 g/mol. The van der Waals surface area contributed by atoms with Crippen molar-refractivity contribution in [1.29, 1.82) is 0 Å². The minimum absolute atomic E-state index is 0.171. The highest BCUT2D eigenvalue weighted by Crippen LogP contribution is 2.20. The first-order valence-corrected chi connectivity index (χ1v) is 6.41. The fraction of sp³-hybridized carbons (Fsp3) is 0.0909. The van der Waals surface area contributed by atoms with Crippen LogP contribution in [0.15, 0.2) is 24.4 Å². The molecule has 3 aromatic rings. The third-order valence-electron chi connectivity index (χ3n) is 2.61. The van der Waals surface area contributed by atoms with Gasteiger partial charge in [0.2, 0.25) is 0 Å². The highest BCUT2D eigenvalue weighted by molar-refractivity contribution is 14.1. The SMILES string of the molecule is COC(=O)c1cnn(-c2ccc3n[nH]c(I)c3c2)n1. The third kappa shape index (κ3) is 2.07. The Morgan fingerprint density at radius 1 is 1.47 bits per heavy atom. The first kappa shape index (κ1) is 12.1. The molecule has 0 saturated heterocycles. The van der Waals surface area contributed by atoms with Crippen LogP contribution >= 0.6 is 22.6 Å². The fourth-order valence-electron chi connectivity index (χ4n) is 1.68. The predicted molar refractivity (Wildman–Crippen MR) is 75.1 cm³/mol. The topological polar surface area (TPSA) is 85.7 Å². The molecule has 96 valence electrons. The van der Waals surface area contributed by atoms with Crippen LogP contribution in [0.1, 0.15) is 10.5 Å². The van der Waals surface area contributed by atoms with Gasteiger partial charge in [-0.25, -0.2) is 4.79 Å². The molecular formula is C11H8IN5O2. The molecule has 0 radical (unpaired) electrons. The first-order valence-electron chi connectivity index (χ1n) is 5.33. The van der Waals surface area contributed by atoms with Crippen molar-refractivity contribution in [3.8, 4) is 5.69 Å². The number of nitrogens with zero attached hydrogens (tertiary/aromatic N) is 4. The van der Waals surface area contributed by atoms with Gasteiger partial charge in [0.15, 0.2) is 5.69 Å². The van der Waals surface area contributed by atoms with E-state index in [2.05, 4.69) is 47.7 Å². The van der Waals surface area contributed by atoms with Crippen LogP contribution in [0, 0.1) is 3.70 Å². The Morgan fingerprint density at radius 2 is 2.32 bits per heavy atom. The summed E-state index contributed by atoms with van der Waals surface area (Å²) in [5, 5.41) is 16.1. The van der Waals surface area contributed by atoms with E-state index in [1.54, 1.807) is 0 Å². The lowest BCUT2D eigenvalue weighted by atomic mass is 10.2. The van der Waals surface area contributed by atoms with Crippen LogP contribution in [-0.4, -0.2) is 38.3 Å². The lowest BCUT2D eigenvalue weighted by Gasteiger charge is -1.99. The molecule has 2 heterocycles. The summed E-state index contributed by atoms with van der Waals surface area (Å²) in [5.41, 5.74) is 1.79. The highest BCUT2D eigenvalue weighted by atomic mass is 127. The summed E-state index contributed by atoms with van der Waals surface area (Å²) < 4.78 is 5.53. The quantitative estimate of drug-likeness (QED) is 0.547. The zero-order chi connectivity index (χ0) is 13.4. The number of esters is 1. The van der Waals surface area contributed by atoms with Crippen molar-refractivity contribution < 1.29 is 9.53 Å². The lowest BCUT2D eigenvalue weighted by Crippen LogP contribution is -2.04. The molecule has 0 aliphatic carbocycles. The maximum absolute atomic E-state index is 11.3. The number of fused-ring (bicyclic) bond motifs is 1. The zero-order valence-electron chi connectivity index (χ0n) is 9.79. The van der Waals surface area contributed by atoms with Gasteiger partial charge in [-0.2, -0.15) is 15.0 Å². The molecule has 7 nitrogen and oxygen atoms in total. The Balaban J connectivity index is 2.06. The van der Waals surface area contributed by atoms with Gasteiger partial charge in [-0.3, -0.25) is 5.10 Å². The van der Waals surface area contributed by atoms with Crippen molar-refractivity contribution in [1.82, 2.24) is 25.2 Å². The number of carbonyl (C=O) groups excluding carboxylic acids is 1. The molecule has 3 rings (SSSR count). The van der Waals surface area contributed by atoms with E-state index in [0.717, 1.165) is 20.3 Å². The number of hydrogen-bond acceptors (Lipinski definition) is 5. The van der Waals surface area contributed by atoms with Gasteiger partial charge in [0, 0.05) is 5.39 Å². The molecule has 0 fully saturated rings. The molecule has 0 amide bonds. The highest BCUT2D eigenvalue weighted by Gasteiger charge is 2.12. The number of carbonyl (C=O) groups is 1. The fourth-order valence-corrected chi connectivity index (χ4v) is 2.23. The van der Waals surface area contributed by atoms with Gasteiger partial charge < -0.3 is 4.74 Å². The second-order valence-electron chi connectivity index (χ2n) is 3.75. The molecule has 19 heavy (non-hydrogen) atoms. The van der Waals surface area contributed by atoms with Crippen LogP contribution in [0.4, 0.5) is 0 Å². The Kier molecular flexibility index (Phi) is 2.93. The number of halogens is 1. The maximum Gasteiger partial charge on any atom is 0.360 e. The van der Waals surface area contributed by atoms with E-state index >= 15 is 0 Å². The zero-order valence-corrected chi connectivity index (χ0v) is 12.0. The first-order chi connectivity index (χ1) is 9.19. The second-order valence-corrected chi connectivity index (χ2v) is 4.83. The van der Waals surface area contributed by atoms with Gasteiger partial charge in [-0.15, -0.1) is 5.10 Å². The molecule has 0 unspecified atom stereocenters. The molecule has 0 saturated carbocycles. The molecule has 0 aliphatic rings. The number of aromatic amines is 1. The third-order valence-corrected chi connectivity index (χ3v) is 3.43. The predicted octanol–water partition coefficient (Wildman–Crippen LogP) is 1.53. The number of hydrogen-bond donors (Lipinski definition) is 1. The minimum Gasteiger partial charge on any atom is -0.464 e. The van der Waals surface area contributed by atoms with Crippen LogP contribution in [0.3, 0.4) is 0 Å². The largest absolute Gasteiger partial charge is 0.464 e. The Hall–Kier alpha value is -1.97. The number of aromatic nitrogens is 5. The van der Waals surface area contributed by atoms with Gasteiger partial charge in [0.05, 0.1) is 24.5 Å². The summed E-state index contributed by atoms with van der Waals surface area (Å²) >= 11 is 2.17. The van der Waals surface area contributed by atoms with Crippen LogP contribution in [0.2, 0.25) is 0 Å². The monoisotopic (exact) mass is 369 g/mol. The van der Waals surface area contributed by atoms with Crippen LogP contribution < -0.4 is 0 Å². The van der Waals surface area contributed by atoms with Crippen molar-refractivity contribution in [3.63, 3.8) is 0 Å². The molecule has 0 atom stereocenters. The smallest absolute Gasteiger partial charge is 0.360 e. The number of methoxy groups -OCH3 is 1. The number of benzene rings is 1. The molecule has 1 N–H and O–H groups in total. The number of nitrogens with one attached hydrogen (secondary N) is 1. The molecule has 0 aliphatic heterocycles. The van der Waals surface area contributed by atoms with E-state index in [1.165, 1.54) is 18.1 Å². The summed E-state index contributed by atoms with van der Waals surface area (Å²) in [7, 11) is 1.31. The molecule has 2 aromatic heterocycles. The Morgan fingerprint density at radius 3 is 3.11 bits per heavy atom. The second kappa shape index (κ2) is 4.61. The van der Waals surface area contributed by atoms with E-state index in [1.807, 2.05) is 18.2 Å². The van der Waals surface area contributed by atoms with Gasteiger partial charge in [0.1, 0.15) is 3.70 Å². The van der Waals surface area contributed by atoms with Crippen molar-refractivity contribution in [2.24, 2.45) is 0 Å². The lowest BCUT2D eigenvalue weighted by molar-refractivity contribution is 0.0593. The number of rotatable bonds is 2. The molecule has 0 bridgehead atoms. The van der Waals surface area contributed by atoms with E-state index in [9.17, 15) is 4.79 Å². The van der Waals surface area contributed by atoms with Crippen molar-refractivity contribution >= 4 is 39.5 Å². The van der Waals surface area contributed by atoms with E-state index < -0.39 is 5.97 Å². The molecular weight excluding hydrogens is 361 g/mol. The summed E-state index contributed by atoms with van der Waals surface area (Å²) in [6.07, 6.45) is 1.37. The molecule has 0 spiro atoms. The summed E-state index contributed by atoms with van der Waals surface area (Å²) in [6, 6.07) is 5.60. The molecule has 8 heteroatoms. The summed E-state index contributed by atoms with van der Waals surface area (Å²) in [4.78, 5) is 12.7. The average Bonchev–Trinajstić information content (AvgIpc) is 3.05. The van der Waals surface area contributed by atoms with E-state index in [4.69, 9.17) is 0 Å². The maximum atomic E-state index is 11.3. The Labute approximate surface area is 121 Å². The standard InChI is InChI=1S/C11H8IN5O2/c1-19-11(18)9-5-13-17(16-9)6-2-3-8-7(4-6)10(12)15-14-8/h2-5H,1H3,(H,14,15). The van der Waals surface area contributed by atoms with Crippen LogP contribution in [0.25, 0.3) is 16.6 Å². The van der Waals surface area contributed by atoms with E-state index in [-0.39, 0.29) is 5.69 Å². The van der Waals surface area contributed by atoms with Gasteiger partial charge in [-0.1, -0.05) is 0 Å². The normalized spacial score (nSPS) is 10.8. The minimum atomic E-state index is -0.509. The van der Waals surface area contributed by atoms with Crippen LogP contribution in [0.5, 0.6) is 0 Å². The van der Waals surface area contributed by atoms with Gasteiger partial charge in [0.25, 0.3) is 0 Å². The Bertz CT molecular complexity index is 763. The van der Waals surface area contributed by atoms with E-state index in [0.29, 0.717) is 0 Å². The van der Waals surface area contributed by atoms with Crippen molar-refractivity contribution in [2.45, 2.75) is 0 Å². The summed E-state index contributed by atoms with van der Waals surface area (Å²) in [5.74, 6) is -0.509. The van der Waals surface area contributed by atoms with Crippen molar-refractivity contribution in [3.05, 3.63) is 33.8 Å².